The number of aliphatic hydroxyl groups is 1. The highest BCUT2D eigenvalue weighted by Gasteiger charge is 2.00. The van der Waals surface area contributed by atoms with E-state index in [1.54, 1.807) is 6.92 Å². The van der Waals surface area contributed by atoms with Crippen molar-refractivity contribution in [3.8, 4) is 0 Å². The maximum Gasteiger partial charge on any atom is 0.332 e. The molecule has 0 bridgehead atoms. The van der Waals surface area contributed by atoms with Crippen LogP contribution in [0.25, 0.3) is 0 Å². The number of carbonyl (C=O) groups is 1. The fourth-order valence-corrected chi connectivity index (χ4v) is 1.30. The maximum absolute atomic E-state index is 10.9. The number of aliphatic hydroxyl groups excluding tert-OH is 1. The topological polar surface area (TPSA) is 92.7 Å². The Morgan fingerprint density at radius 2 is 1.14 bits per heavy atom. The Hall–Kier alpha value is -0.770. The van der Waals surface area contributed by atoms with Crippen molar-refractivity contribution in [2.75, 3.05) is 79.3 Å². The van der Waals surface area contributed by atoms with E-state index in [-0.39, 0.29) is 19.2 Å². The van der Waals surface area contributed by atoms with Crippen molar-refractivity contribution in [2.45, 2.75) is 6.92 Å². The quantitative estimate of drug-likeness (QED) is 0.286. The van der Waals surface area contributed by atoms with Gasteiger partial charge >= 0.3 is 5.97 Å². The van der Waals surface area contributed by atoms with Gasteiger partial charge in [-0.05, 0) is 6.92 Å². The molecule has 0 rings (SSSR count). The summed E-state index contributed by atoms with van der Waals surface area (Å²) in [7, 11) is 0. The molecule has 0 aromatic rings. The molecule has 0 spiro atoms. The second-order valence-electron chi connectivity index (χ2n) is 4.03. The Morgan fingerprint density at radius 3 is 1.55 bits per heavy atom. The van der Waals surface area contributed by atoms with E-state index in [1.165, 1.54) is 0 Å². The van der Waals surface area contributed by atoms with Crippen LogP contribution in [0.4, 0.5) is 0 Å². The summed E-state index contributed by atoms with van der Waals surface area (Å²) >= 11 is 0. The van der Waals surface area contributed by atoms with Crippen molar-refractivity contribution in [1.82, 2.24) is 0 Å². The first-order valence-corrected chi connectivity index (χ1v) is 7.46. The first-order valence-electron chi connectivity index (χ1n) is 7.46. The maximum atomic E-state index is 10.9. The van der Waals surface area contributed by atoms with E-state index in [1.807, 2.05) is 0 Å². The smallest absolute Gasteiger partial charge is 0.332 e. The zero-order valence-electron chi connectivity index (χ0n) is 13.3. The third-order valence-corrected chi connectivity index (χ3v) is 2.25. The van der Waals surface area contributed by atoms with Gasteiger partial charge in [-0.25, -0.2) is 4.79 Å². The van der Waals surface area contributed by atoms with E-state index < -0.39 is 0 Å². The van der Waals surface area contributed by atoms with Gasteiger partial charge in [-0.1, -0.05) is 0 Å². The molecule has 22 heavy (non-hydrogen) atoms. The monoisotopic (exact) mass is 324 g/mol. The number of rotatable bonds is 17. The van der Waals surface area contributed by atoms with Gasteiger partial charge in [0, 0.05) is 0 Å². The molecular weight excluding hydrogens is 296 g/mol. The van der Waals surface area contributed by atoms with E-state index in [4.69, 9.17) is 33.5 Å². The lowest BCUT2D eigenvalue weighted by molar-refractivity contribution is -0.149. The van der Waals surface area contributed by atoms with Crippen molar-refractivity contribution in [3.63, 3.8) is 0 Å². The van der Waals surface area contributed by atoms with Gasteiger partial charge in [0.1, 0.15) is 6.61 Å². The lowest BCUT2D eigenvalue weighted by atomic mass is 10.6. The van der Waals surface area contributed by atoms with E-state index in [9.17, 15) is 4.79 Å². The van der Waals surface area contributed by atoms with Crippen LogP contribution in [-0.2, 0) is 33.2 Å². The number of esters is 1. The third-order valence-electron chi connectivity index (χ3n) is 2.25. The predicted octanol–water partition coefficient (Wildman–Crippen LogP) is -0.375. The molecule has 0 aromatic carbocycles. The standard InChI is InChI=1S/C14H28O8/c1-2-22-14(16)13-21-12-11-20-10-9-19-8-7-18-6-5-17-4-3-15/h15H,2-13H2,1H3. The van der Waals surface area contributed by atoms with Crippen molar-refractivity contribution in [1.29, 1.82) is 0 Å². The zero-order chi connectivity index (χ0) is 16.3. The average molecular weight is 324 g/mol. The molecule has 0 saturated carbocycles. The lowest BCUT2D eigenvalue weighted by Gasteiger charge is -2.07. The van der Waals surface area contributed by atoms with Gasteiger partial charge in [0.05, 0.1) is 72.7 Å². The van der Waals surface area contributed by atoms with E-state index in [0.29, 0.717) is 66.1 Å². The molecule has 0 aliphatic carbocycles. The molecule has 0 aliphatic heterocycles. The van der Waals surface area contributed by atoms with Crippen LogP contribution in [0.15, 0.2) is 0 Å². The van der Waals surface area contributed by atoms with Crippen LogP contribution in [0, 0.1) is 0 Å². The zero-order valence-corrected chi connectivity index (χ0v) is 13.3. The van der Waals surface area contributed by atoms with Crippen LogP contribution in [-0.4, -0.2) is 90.4 Å². The molecule has 0 heterocycles. The SMILES string of the molecule is CCOC(=O)COCCOCCOCCOCCOCCO. The summed E-state index contributed by atoms with van der Waals surface area (Å²) in [6.45, 7) is 6.03. The van der Waals surface area contributed by atoms with Gasteiger partial charge in [-0.15, -0.1) is 0 Å². The van der Waals surface area contributed by atoms with Crippen LogP contribution in [0.1, 0.15) is 6.92 Å². The molecule has 8 heteroatoms. The van der Waals surface area contributed by atoms with Gasteiger partial charge in [0.15, 0.2) is 0 Å². The second-order valence-corrected chi connectivity index (χ2v) is 4.03. The van der Waals surface area contributed by atoms with Gasteiger partial charge < -0.3 is 33.5 Å². The van der Waals surface area contributed by atoms with Crippen LogP contribution < -0.4 is 0 Å². The predicted molar refractivity (Wildman–Crippen MR) is 77.8 cm³/mol. The number of hydrogen-bond acceptors (Lipinski definition) is 8. The van der Waals surface area contributed by atoms with E-state index in [2.05, 4.69) is 0 Å². The third kappa shape index (κ3) is 17.3. The van der Waals surface area contributed by atoms with Gasteiger partial charge in [0.2, 0.25) is 0 Å². The minimum Gasteiger partial charge on any atom is -0.464 e. The van der Waals surface area contributed by atoms with Gasteiger partial charge in [0.25, 0.3) is 0 Å². The molecule has 1 N–H and O–H groups in total. The molecule has 132 valence electrons. The van der Waals surface area contributed by atoms with Gasteiger partial charge in [-0.3, -0.25) is 0 Å². The highest BCUT2D eigenvalue weighted by atomic mass is 16.6. The van der Waals surface area contributed by atoms with Crippen molar-refractivity contribution in [3.05, 3.63) is 0 Å². The summed E-state index contributed by atoms with van der Waals surface area (Å²) in [5.74, 6) is -0.368. The fourth-order valence-electron chi connectivity index (χ4n) is 1.30. The summed E-state index contributed by atoms with van der Waals surface area (Å²) in [5.41, 5.74) is 0. The Morgan fingerprint density at radius 1 is 0.727 bits per heavy atom. The van der Waals surface area contributed by atoms with Crippen molar-refractivity contribution >= 4 is 5.97 Å². The number of ether oxygens (including phenoxy) is 6. The summed E-state index contributed by atoms with van der Waals surface area (Å²) in [6.07, 6.45) is 0. The number of hydrogen-bond donors (Lipinski definition) is 1. The molecule has 0 saturated heterocycles. The van der Waals surface area contributed by atoms with E-state index in [0.717, 1.165) is 0 Å². The molecule has 0 radical (unpaired) electrons. The first-order chi connectivity index (χ1) is 10.8. The highest BCUT2D eigenvalue weighted by molar-refractivity contribution is 5.70. The minimum absolute atomic E-state index is 0.0248. The van der Waals surface area contributed by atoms with E-state index >= 15 is 0 Å². The summed E-state index contributed by atoms with van der Waals surface area (Å²) in [4.78, 5) is 10.9. The summed E-state index contributed by atoms with van der Waals surface area (Å²) < 4.78 is 30.6. The summed E-state index contributed by atoms with van der Waals surface area (Å²) in [6, 6.07) is 0. The Labute approximate surface area is 131 Å². The van der Waals surface area contributed by atoms with Crippen LogP contribution in [0.5, 0.6) is 0 Å². The molecular formula is C14H28O8. The molecule has 0 amide bonds. The second kappa shape index (κ2) is 18.3. The van der Waals surface area contributed by atoms with Crippen molar-refractivity contribution < 1.29 is 38.3 Å². The fraction of sp³-hybridized carbons (Fsp3) is 0.929. The Kier molecular flexibility index (Phi) is 17.6. The molecule has 0 aliphatic rings. The normalized spacial score (nSPS) is 10.8. The van der Waals surface area contributed by atoms with Gasteiger partial charge in [-0.2, -0.15) is 0 Å². The minimum atomic E-state index is -0.368. The molecule has 0 fully saturated rings. The molecule has 0 unspecified atom stereocenters. The largest absolute Gasteiger partial charge is 0.464 e. The Bertz CT molecular complexity index is 237. The highest BCUT2D eigenvalue weighted by Crippen LogP contribution is 1.85. The van der Waals surface area contributed by atoms with Crippen LogP contribution >= 0.6 is 0 Å². The first kappa shape index (κ1) is 21.2. The van der Waals surface area contributed by atoms with Crippen molar-refractivity contribution in [2.24, 2.45) is 0 Å². The molecule has 0 aromatic heterocycles. The van der Waals surface area contributed by atoms with Crippen LogP contribution in [0.3, 0.4) is 0 Å². The summed E-state index contributed by atoms with van der Waals surface area (Å²) in [5, 5.41) is 8.48. The molecule has 8 nitrogen and oxygen atoms in total. The average Bonchev–Trinajstić information content (AvgIpc) is 2.51. The molecule has 0 atom stereocenters. The van der Waals surface area contributed by atoms with Crippen LogP contribution in [0.2, 0.25) is 0 Å². The lowest BCUT2D eigenvalue weighted by Crippen LogP contribution is -2.16. The number of carbonyl (C=O) groups excluding carboxylic acids is 1. The Balaban J connectivity index is 3.01.